The summed E-state index contributed by atoms with van der Waals surface area (Å²) in [5.41, 5.74) is 0.00198. The Kier molecular flexibility index (Phi) is 6.79. The fraction of sp³-hybridized carbons (Fsp3) is 0.611. The Balaban J connectivity index is 1.62. The molecule has 0 saturated carbocycles. The van der Waals surface area contributed by atoms with Gasteiger partial charge in [0.15, 0.2) is 12.4 Å². The first-order valence-electron chi connectivity index (χ1n) is 8.92. The van der Waals surface area contributed by atoms with Crippen molar-refractivity contribution in [2.75, 3.05) is 39.3 Å². The number of nitrogens with one attached hydrogen (secondary N) is 1. The number of pyridine rings is 1. The standard InChI is InChI=1S/C18H28N4O4/c1-18(2,3)26-17(24)21-13-11-20(12-14-21)8-4-7-19-16(23)15-5-9-22(25)10-6-15/h5-6,9-10H,4,7-8,11-14H2,1-3H3,(H,19,23). The Hall–Kier alpha value is -2.35. The summed E-state index contributed by atoms with van der Waals surface area (Å²) in [5.74, 6) is -0.180. The molecule has 1 aliphatic rings. The molecule has 2 heterocycles. The van der Waals surface area contributed by atoms with Gasteiger partial charge in [0.2, 0.25) is 0 Å². The lowest BCUT2D eigenvalue weighted by Gasteiger charge is -2.35. The number of nitrogens with zero attached hydrogens (tertiary/aromatic N) is 3. The first-order chi connectivity index (χ1) is 12.2. The van der Waals surface area contributed by atoms with Crippen molar-refractivity contribution in [3.05, 3.63) is 35.3 Å². The first kappa shape index (κ1) is 20.0. The van der Waals surface area contributed by atoms with Gasteiger partial charge in [-0.1, -0.05) is 0 Å². The number of amides is 2. The van der Waals surface area contributed by atoms with Crippen molar-refractivity contribution in [1.29, 1.82) is 0 Å². The van der Waals surface area contributed by atoms with Crippen LogP contribution in [0.4, 0.5) is 4.79 Å². The lowest BCUT2D eigenvalue weighted by Crippen LogP contribution is -2.50. The van der Waals surface area contributed by atoms with Crippen LogP contribution < -0.4 is 10.0 Å². The molecule has 1 aliphatic heterocycles. The first-order valence-corrected chi connectivity index (χ1v) is 8.92. The van der Waals surface area contributed by atoms with E-state index >= 15 is 0 Å². The molecule has 0 unspecified atom stereocenters. The summed E-state index contributed by atoms with van der Waals surface area (Å²) in [6.07, 6.45) is 3.18. The van der Waals surface area contributed by atoms with Crippen molar-refractivity contribution >= 4 is 12.0 Å². The van der Waals surface area contributed by atoms with E-state index in [9.17, 15) is 14.8 Å². The molecule has 26 heavy (non-hydrogen) atoms. The molecule has 1 saturated heterocycles. The van der Waals surface area contributed by atoms with Crippen molar-refractivity contribution in [1.82, 2.24) is 15.1 Å². The maximum absolute atomic E-state index is 12.0. The third-order valence-corrected chi connectivity index (χ3v) is 4.02. The molecule has 144 valence electrons. The summed E-state index contributed by atoms with van der Waals surface area (Å²) >= 11 is 0. The van der Waals surface area contributed by atoms with E-state index in [1.54, 1.807) is 4.90 Å². The normalized spacial score (nSPS) is 15.6. The Bertz CT molecular complexity index is 605. The number of carbonyl (C=O) groups excluding carboxylic acids is 2. The van der Waals surface area contributed by atoms with Crippen LogP contribution in [0.5, 0.6) is 0 Å². The van der Waals surface area contributed by atoms with Crippen LogP contribution in [0.15, 0.2) is 24.5 Å². The zero-order valence-electron chi connectivity index (χ0n) is 15.7. The van der Waals surface area contributed by atoms with Gasteiger partial charge in [0.1, 0.15) is 5.60 Å². The van der Waals surface area contributed by atoms with Gasteiger partial charge >= 0.3 is 6.09 Å². The summed E-state index contributed by atoms with van der Waals surface area (Å²) in [7, 11) is 0. The second-order valence-electron chi connectivity index (χ2n) is 7.37. The van der Waals surface area contributed by atoms with Crippen LogP contribution in [-0.4, -0.2) is 66.7 Å². The van der Waals surface area contributed by atoms with Crippen molar-refractivity contribution < 1.29 is 19.1 Å². The summed E-state index contributed by atoms with van der Waals surface area (Å²) in [6.45, 7) is 9.93. The molecule has 1 N–H and O–H groups in total. The Morgan fingerprint density at radius 2 is 1.81 bits per heavy atom. The molecular formula is C18H28N4O4. The molecule has 0 bridgehead atoms. The second-order valence-corrected chi connectivity index (χ2v) is 7.37. The van der Waals surface area contributed by atoms with E-state index in [2.05, 4.69) is 10.2 Å². The minimum absolute atomic E-state index is 0.180. The molecular weight excluding hydrogens is 336 g/mol. The van der Waals surface area contributed by atoms with Crippen LogP contribution in [0, 0.1) is 5.21 Å². The predicted octanol–water partition coefficient (Wildman–Crippen LogP) is 0.993. The van der Waals surface area contributed by atoms with Crippen molar-refractivity contribution in [3.63, 3.8) is 0 Å². The minimum atomic E-state index is -0.473. The number of hydrogen-bond donors (Lipinski definition) is 1. The van der Waals surface area contributed by atoms with Crippen LogP contribution in [0.25, 0.3) is 0 Å². The van der Waals surface area contributed by atoms with Gasteiger partial charge in [0.05, 0.1) is 5.56 Å². The number of rotatable bonds is 5. The number of aromatic nitrogens is 1. The SMILES string of the molecule is CC(C)(C)OC(=O)N1CCN(CCCNC(=O)c2cc[n+]([O-])cc2)CC1. The topological polar surface area (TPSA) is 88.8 Å². The Morgan fingerprint density at radius 3 is 2.38 bits per heavy atom. The third kappa shape index (κ3) is 6.51. The molecule has 0 radical (unpaired) electrons. The average molecular weight is 364 g/mol. The molecule has 2 rings (SSSR count). The van der Waals surface area contributed by atoms with Gasteiger partial charge in [0.25, 0.3) is 5.91 Å². The quantitative estimate of drug-likeness (QED) is 0.478. The van der Waals surface area contributed by atoms with E-state index < -0.39 is 5.60 Å². The van der Waals surface area contributed by atoms with Crippen LogP contribution in [0.2, 0.25) is 0 Å². The van der Waals surface area contributed by atoms with Gasteiger partial charge < -0.3 is 20.2 Å². The van der Waals surface area contributed by atoms with Crippen LogP contribution in [0.1, 0.15) is 37.6 Å². The lowest BCUT2D eigenvalue weighted by atomic mass is 10.2. The van der Waals surface area contributed by atoms with E-state index in [1.807, 2.05) is 20.8 Å². The van der Waals surface area contributed by atoms with E-state index in [-0.39, 0.29) is 12.0 Å². The largest absolute Gasteiger partial charge is 0.619 e. The van der Waals surface area contributed by atoms with Gasteiger partial charge in [-0.3, -0.25) is 9.69 Å². The summed E-state index contributed by atoms with van der Waals surface area (Å²) in [4.78, 5) is 28.0. The van der Waals surface area contributed by atoms with Crippen molar-refractivity contribution in [2.24, 2.45) is 0 Å². The number of carbonyl (C=O) groups is 2. The second kappa shape index (κ2) is 8.84. The summed E-state index contributed by atoms with van der Waals surface area (Å²) in [5, 5.41) is 13.8. The van der Waals surface area contributed by atoms with E-state index in [4.69, 9.17) is 4.74 Å². The van der Waals surface area contributed by atoms with E-state index in [0.29, 0.717) is 29.9 Å². The van der Waals surface area contributed by atoms with Crippen LogP contribution in [0.3, 0.4) is 0 Å². The number of piperazine rings is 1. The lowest BCUT2D eigenvalue weighted by molar-refractivity contribution is -0.605. The highest BCUT2D eigenvalue weighted by atomic mass is 16.6. The van der Waals surface area contributed by atoms with Crippen molar-refractivity contribution in [2.45, 2.75) is 32.8 Å². The molecule has 0 atom stereocenters. The van der Waals surface area contributed by atoms with Crippen LogP contribution >= 0.6 is 0 Å². The average Bonchev–Trinajstić information content (AvgIpc) is 2.58. The molecule has 0 aromatic carbocycles. The monoisotopic (exact) mass is 364 g/mol. The Labute approximate surface area is 154 Å². The highest BCUT2D eigenvalue weighted by Gasteiger charge is 2.25. The highest BCUT2D eigenvalue weighted by Crippen LogP contribution is 2.11. The molecule has 1 aromatic heterocycles. The zero-order valence-corrected chi connectivity index (χ0v) is 15.7. The smallest absolute Gasteiger partial charge is 0.410 e. The summed E-state index contributed by atoms with van der Waals surface area (Å²) in [6, 6.07) is 3.00. The van der Waals surface area contributed by atoms with Crippen molar-refractivity contribution in [3.8, 4) is 0 Å². The molecule has 0 aliphatic carbocycles. The minimum Gasteiger partial charge on any atom is -0.619 e. The maximum Gasteiger partial charge on any atom is 0.410 e. The maximum atomic E-state index is 12.0. The van der Waals surface area contributed by atoms with E-state index in [1.165, 1.54) is 24.5 Å². The van der Waals surface area contributed by atoms with Gasteiger partial charge in [-0.2, -0.15) is 4.73 Å². The molecule has 8 nitrogen and oxygen atoms in total. The molecule has 8 heteroatoms. The Morgan fingerprint density at radius 1 is 1.19 bits per heavy atom. The molecule has 0 spiro atoms. The predicted molar refractivity (Wildman–Crippen MR) is 96.6 cm³/mol. The molecule has 1 fully saturated rings. The summed E-state index contributed by atoms with van der Waals surface area (Å²) < 4.78 is 6.03. The fourth-order valence-electron chi connectivity index (χ4n) is 2.65. The number of hydrogen-bond acceptors (Lipinski definition) is 5. The molecule has 1 aromatic rings. The highest BCUT2D eigenvalue weighted by molar-refractivity contribution is 5.93. The zero-order chi connectivity index (χ0) is 19.2. The van der Waals surface area contributed by atoms with Gasteiger partial charge in [-0.25, -0.2) is 4.79 Å². The van der Waals surface area contributed by atoms with Gasteiger partial charge in [0, 0.05) is 44.9 Å². The third-order valence-electron chi connectivity index (χ3n) is 4.02. The van der Waals surface area contributed by atoms with E-state index in [0.717, 1.165) is 26.1 Å². The fourth-order valence-corrected chi connectivity index (χ4v) is 2.65. The van der Waals surface area contributed by atoms with Gasteiger partial charge in [-0.05, 0) is 33.7 Å². The van der Waals surface area contributed by atoms with Gasteiger partial charge in [-0.15, -0.1) is 0 Å². The molecule has 2 amide bonds. The van der Waals surface area contributed by atoms with Crippen LogP contribution in [-0.2, 0) is 4.74 Å². The number of ether oxygens (including phenoxy) is 1.